The quantitative estimate of drug-likeness (QED) is 0.900. The molecule has 2 nitrogen and oxygen atoms in total. The van der Waals surface area contributed by atoms with Gasteiger partial charge in [-0.3, -0.25) is 0 Å². The Morgan fingerprint density at radius 3 is 2.65 bits per heavy atom. The molecule has 2 aromatic carbocycles. The van der Waals surface area contributed by atoms with Crippen molar-refractivity contribution in [3.8, 4) is 5.75 Å². The molecule has 104 valence electrons. The number of hydrogen-bond donors (Lipinski definition) is 1. The lowest BCUT2D eigenvalue weighted by Gasteiger charge is -2.37. The van der Waals surface area contributed by atoms with Gasteiger partial charge in [-0.2, -0.15) is 0 Å². The molecule has 0 unspecified atom stereocenters. The summed E-state index contributed by atoms with van der Waals surface area (Å²) in [5.41, 5.74) is 2.13. The van der Waals surface area contributed by atoms with E-state index in [0.29, 0.717) is 12.0 Å². The van der Waals surface area contributed by atoms with Crippen LogP contribution in [0.4, 0.5) is 10.1 Å². The Morgan fingerprint density at radius 2 is 1.90 bits per heavy atom. The molecule has 0 heterocycles. The maximum Gasteiger partial charge on any atom is 0.125 e. The number of halogens is 1. The Labute approximate surface area is 118 Å². The van der Waals surface area contributed by atoms with Crippen LogP contribution in [0.2, 0.25) is 0 Å². The highest BCUT2D eigenvalue weighted by Gasteiger charge is 2.31. The summed E-state index contributed by atoms with van der Waals surface area (Å²) in [6.45, 7) is 0. The lowest BCUT2D eigenvalue weighted by molar-refractivity contribution is 0.349. The molecule has 0 amide bonds. The second-order valence-electron chi connectivity index (χ2n) is 5.26. The van der Waals surface area contributed by atoms with Crippen LogP contribution < -0.4 is 10.1 Å². The molecule has 1 aliphatic rings. The van der Waals surface area contributed by atoms with Crippen LogP contribution in [0.15, 0.2) is 48.5 Å². The number of rotatable bonds is 4. The van der Waals surface area contributed by atoms with E-state index in [-0.39, 0.29) is 5.82 Å². The summed E-state index contributed by atoms with van der Waals surface area (Å²) in [6.07, 6.45) is 2.10. The van der Waals surface area contributed by atoms with Gasteiger partial charge in [-0.1, -0.05) is 24.3 Å². The molecule has 0 saturated heterocycles. The van der Waals surface area contributed by atoms with Gasteiger partial charge in [-0.25, -0.2) is 4.39 Å². The van der Waals surface area contributed by atoms with Crippen molar-refractivity contribution in [1.82, 2.24) is 0 Å². The largest absolute Gasteiger partial charge is 0.496 e. The highest BCUT2D eigenvalue weighted by Crippen LogP contribution is 2.42. The Kier molecular flexibility index (Phi) is 3.59. The van der Waals surface area contributed by atoms with E-state index in [9.17, 15) is 4.39 Å². The third kappa shape index (κ3) is 2.62. The molecule has 0 aromatic heterocycles. The molecule has 1 saturated carbocycles. The first-order valence-electron chi connectivity index (χ1n) is 6.91. The fraction of sp³-hybridized carbons (Fsp3) is 0.294. The van der Waals surface area contributed by atoms with Gasteiger partial charge in [0.05, 0.1) is 7.11 Å². The number of nitrogens with one attached hydrogen (secondary N) is 1. The summed E-state index contributed by atoms with van der Waals surface area (Å²) < 4.78 is 18.5. The van der Waals surface area contributed by atoms with E-state index in [0.717, 1.165) is 24.3 Å². The Hall–Kier alpha value is -2.03. The number of anilines is 1. The van der Waals surface area contributed by atoms with E-state index in [2.05, 4.69) is 11.4 Å². The number of ether oxygens (including phenoxy) is 1. The van der Waals surface area contributed by atoms with Gasteiger partial charge in [0.15, 0.2) is 0 Å². The topological polar surface area (TPSA) is 21.3 Å². The van der Waals surface area contributed by atoms with Crippen molar-refractivity contribution in [3.05, 3.63) is 59.9 Å². The summed E-state index contributed by atoms with van der Waals surface area (Å²) in [7, 11) is 1.71. The maximum absolute atomic E-state index is 13.1. The summed E-state index contributed by atoms with van der Waals surface area (Å²) >= 11 is 0. The highest BCUT2D eigenvalue weighted by molar-refractivity contribution is 5.46. The molecule has 3 rings (SSSR count). The molecular formula is C17H18FNO. The molecule has 1 aliphatic carbocycles. The van der Waals surface area contributed by atoms with Crippen molar-refractivity contribution >= 4 is 5.69 Å². The van der Waals surface area contributed by atoms with Crippen LogP contribution in [0.25, 0.3) is 0 Å². The Morgan fingerprint density at radius 1 is 1.10 bits per heavy atom. The van der Waals surface area contributed by atoms with Crippen LogP contribution in [-0.2, 0) is 0 Å². The number of benzene rings is 2. The smallest absolute Gasteiger partial charge is 0.125 e. The second-order valence-corrected chi connectivity index (χ2v) is 5.26. The molecule has 0 atom stereocenters. The van der Waals surface area contributed by atoms with Gasteiger partial charge in [0, 0.05) is 11.7 Å². The van der Waals surface area contributed by atoms with Crippen LogP contribution >= 0.6 is 0 Å². The summed E-state index contributed by atoms with van der Waals surface area (Å²) in [4.78, 5) is 0. The molecule has 1 fully saturated rings. The summed E-state index contributed by atoms with van der Waals surface area (Å²) in [6, 6.07) is 15.2. The van der Waals surface area contributed by atoms with Gasteiger partial charge in [0.1, 0.15) is 11.6 Å². The zero-order chi connectivity index (χ0) is 13.9. The summed E-state index contributed by atoms with van der Waals surface area (Å²) in [5, 5.41) is 3.38. The van der Waals surface area contributed by atoms with Crippen LogP contribution in [0.3, 0.4) is 0 Å². The average Bonchev–Trinajstić information content (AvgIpc) is 2.42. The predicted octanol–water partition coefficient (Wildman–Crippen LogP) is 4.19. The zero-order valence-corrected chi connectivity index (χ0v) is 11.5. The molecule has 2 aromatic rings. The standard InChI is InChI=1S/C17H18FNO/c1-20-17-8-3-2-7-16(17)12-9-15(10-12)19-14-6-4-5-13(18)11-14/h2-8,11-12,15,19H,9-10H2,1H3. The fourth-order valence-electron chi connectivity index (χ4n) is 2.81. The second kappa shape index (κ2) is 5.53. The van der Waals surface area contributed by atoms with Crippen molar-refractivity contribution in [3.63, 3.8) is 0 Å². The lowest BCUT2D eigenvalue weighted by Crippen LogP contribution is -2.34. The molecule has 0 radical (unpaired) electrons. The van der Waals surface area contributed by atoms with Gasteiger partial charge >= 0.3 is 0 Å². The van der Waals surface area contributed by atoms with E-state index in [1.165, 1.54) is 17.7 Å². The predicted molar refractivity (Wildman–Crippen MR) is 78.8 cm³/mol. The highest BCUT2D eigenvalue weighted by atomic mass is 19.1. The van der Waals surface area contributed by atoms with E-state index in [4.69, 9.17) is 4.74 Å². The van der Waals surface area contributed by atoms with Crippen molar-refractivity contribution in [2.45, 2.75) is 24.8 Å². The minimum atomic E-state index is -0.199. The van der Waals surface area contributed by atoms with Crippen LogP contribution in [-0.4, -0.2) is 13.2 Å². The molecule has 20 heavy (non-hydrogen) atoms. The van der Waals surface area contributed by atoms with Gasteiger partial charge in [0.2, 0.25) is 0 Å². The fourth-order valence-corrected chi connectivity index (χ4v) is 2.81. The van der Waals surface area contributed by atoms with Crippen molar-refractivity contribution in [2.24, 2.45) is 0 Å². The number of para-hydroxylation sites is 1. The number of methoxy groups -OCH3 is 1. The van der Waals surface area contributed by atoms with Crippen molar-refractivity contribution < 1.29 is 9.13 Å². The molecule has 0 bridgehead atoms. The normalized spacial score (nSPS) is 21.1. The van der Waals surface area contributed by atoms with E-state index in [1.807, 2.05) is 24.3 Å². The number of hydrogen-bond acceptors (Lipinski definition) is 2. The third-order valence-electron chi connectivity index (χ3n) is 3.91. The Balaban J connectivity index is 1.61. The monoisotopic (exact) mass is 271 g/mol. The van der Waals surface area contributed by atoms with Crippen molar-refractivity contribution in [2.75, 3.05) is 12.4 Å². The minimum Gasteiger partial charge on any atom is -0.496 e. The van der Waals surface area contributed by atoms with Gasteiger partial charge < -0.3 is 10.1 Å². The molecular weight excluding hydrogens is 253 g/mol. The average molecular weight is 271 g/mol. The molecule has 1 N–H and O–H groups in total. The lowest BCUT2D eigenvalue weighted by atomic mass is 9.75. The van der Waals surface area contributed by atoms with Crippen LogP contribution in [0.5, 0.6) is 5.75 Å². The third-order valence-corrected chi connectivity index (χ3v) is 3.91. The van der Waals surface area contributed by atoms with E-state index < -0.39 is 0 Å². The SMILES string of the molecule is COc1ccccc1C1CC(Nc2cccc(F)c2)C1. The van der Waals surface area contributed by atoms with Gasteiger partial charge in [-0.15, -0.1) is 0 Å². The van der Waals surface area contributed by atoms with E-state index >= 15 is 0 Å². The zero-order valence-electron chi connectivity index (χ0n) is 11.5. The van der Waals surface area contributed by atoms with Gasteiger partial charge in [0.25, 0.3) is 0 Å². The molecule has 0 spiro atoms. The van der Waals surface area contributed by atoms with Gasteiger partial charge in [-0.05, 0) is 48.6 Å². The molecule has 3 heteroatoms. The maximum atomic E-state index is 13.1. The van der Waals surface area contributed by atoms with Crippen molar-refractivity contribution in [1.29, 1.82) is 0 Å². The molecule has 0 aliphatic heterocycles. The first-order valence-corrected chi connectivity index (χ1v) is 6.91. The van der Waals surface area contributed by atoms with Crippen LogP contribution in [0.1, 0.15) is 24.3 Å². The van der Waals surface area contributed by atoms with Crippen LogP contribution in [0, 0.1) is 5.82 Å². The minimum absolute atomic E-state index is 0.199. The summed E-state index contributed by atoms with van der Waals surface area (Å²) in [5.74, 6) is 1.29. The first-order chi connectivity index (χ1) is 9.76. The Bertz CT molecular complexity index is 593. The van der Waals surface area contributed by atoms with E-state index in [1.54, 1.807) is 13.2 Å². The first kappa shape index (κ1) is 13.0.